The predicted molar refractivity (Wildman–Crippen MR) is 68.6 cm³/mol. The van der Waals surface area contributed by atoms with Crippen molar-refractivity contribution in [1.29, 1.82) is 0 Å². The van der Waals surface area contributed by atoms with Crippen molar-refractivity contribution in [1.82, 2.24) is 16.0 Å². The Morgan fingerprint density at radius 2 is 1.35 bits per heavy atom. The van der Waals surface area contributed by atoms with Crippen molar-refractivity contribution in [3.63, 3.8) is 0 Å². The minimum Gasteiger partial charge on any atom is -0.337 e. The van der Waals surface area contributed by atoms with E-state index in [0.717, 1.165) is 12.8 Å². The Morgan fingerprint density at radius 3 is 1.71 bits per heavy atom. The standard InChI is InChI=1S/C13H25N3O/c1-10(2)7-13(8-11(3,4)15-10)9(17)14-12(5,6)16-13/h15-16H,7-8H2,1-6H3,(H,14,17). The Hall–Kier alpha value is -0.610. The summed E-state index contributed by atoms with van der Waals surface area (Å²) in [6.45, 7) is 12.7. The molecule has 0 unspecified atom stereocenters. The Morgan fingerprint density at radius 1 is 0.882 bits per heavy atom. The van der Waals surface area contributed by atoms with E-state index in [0.29, 0.717) is 0 Å². The molecule has 2 rings (SSSR count). The monoisotopic (exact) mass is 239 g/mol. The fourth-order valence-electron chi connectivity index (χ4n) is 3.91. The van der Waals surface area contributed by atoms with Gasteiger partial charge in [0, 0.05) is 11.1 Å². The largest absolute Gasteiger partial charge is 0.337 e. The zero-order valence-electron chi connectivity index (χ0n) is 11.8. The average molecular weight is 239 g/mol. The molecule has 2 heterocycles. The van der Waals surface area contributed by atoms with Gasteiger partial charge >= 0.3 is 0 Å². The molecule has 2 saturated heterocycles. The van der Waals surface area contributed by atoms with E-state index in [1.165, 1.54) is 0 Å². The van der Waals surface area contributed by atoms with E-state index in [4.69, 9.17) is 0 Å². The van der Waals surface area contributed by atoms with Crippen molar-refractivity contribution in [3.8, 4) is 0 Å². The van der Waals surface area contributed by atoms with E-state index >= 15 is 0 Å². The topological polar surface area (TPSA) is 53.2 Å². The zero-order valence-corrected chi connectivity index (χ0v) is 11.8. The van der Waals surface area contributed by atoms with E-state index < -0.39 is 5.54 Å². The number of rotatable bonds is 0. The molecule has 0 aromatic heterocycles. The number of hydrogen-bond donors (Lipinski definition) is 3. The van der Waals surface area contributed by atoms with E-state index in [1.807, 2.05) is 13.8 Å². The summed E-state index contributed by atoms with van der Waals surface area (Å²) >= 11 is 0. The van der Waals surface area contributed by atoms with Crippen LogP contribution in [0.5, 0.6) is 0 Å². The van der Waals surface area contributed by atoms with Gasteiger partial charge in [0.25, 0.3) is 0 Å². The second-order valence-electron chi connectivity index (χ2n) is 7.53. The Labute approximate surface area is 104 Å². The molecule has 0 saturated carbocycles. The van der Waals surface area contributed by atoms with Crippen molar-refractivity contribution in [2.24, 2.45) is 0 Å². The summed E-state index contributed by atoms with van der Waals surface area (Å²) < 4.78 is 0. The molecule has 4 heteroatoms. The van der Waals surface area contributed by atoms with Gasteiger partial charge in [0.15, 0.2) is 0 Å². The first kappa shape index (κ1) is 12.8. The lowest BCUT2D eigenvalue weighted by atomic mass is 9.71. The molecule has 4 nitrogen and oxygen atoms in total. The number of carbonyl (C=O) groups is 1. The minimum absolute atomic E-state index is 0.0352. The number of piperidine rings is 1. The minimum atomic E-state index is -0.429. The molecule has 1 amide bonds. The van der Waals surface area contributed by atoms with Crippen LogP contribution in [0.2, 0.25) is 0 Å². The first-order valence-corrected chi connectivity index (χ1v) is 6.37. The maximum atomic E-state index is 12.3. The van der Waals surface area contributed by atoms with Crippen molar-refractivity contribution in [3.05, 3.63) is 0 Å². The quantitative estimate of drug-likeness (QED) is 0.594. The summed E-state index contributed by atoms with van der Waals surface area (Å²) in [5.41, 5.74) is -0.804. The van der Waals surface area contributed by atoms with Gasteiger partial charge in [0.05, 0.1) is 5.66 Å². The van der Waals surface area contributed by atoms with Gasteiger partial charge in [-0.2, -0.15) is 0 Å². The molecule has 2 aliphatic rings. The highest BCUT2D eigenvalue weighted by Gasteiger charge is 2.57. The highest BCUT2D eigenvalue weighted by Crippen LogP contribution is 2.39. The third-order valence-corrected chi connectivity index (χ3v) is 3.58. The first-order chi connectivity index (χ1) is 7.46. The maximum Gasteiger partial charge on any atom is 0.241 e. The Bertz CT molecular complexity index is 342. The summed E-state index contributed by atoms with van der Waals surface area (Å²) in [6.07, 6.45) is 1.64. The highest BCUT2D eigenvalue weighted by atomic mass is 16.2. The van der Waals surface area contributed by atoms with E-state index in [2.05, 4.69) is 43.6 Å². The molecule has 98 valence electrons. The lowest BCUT2D eigenvalue weighted by molar-refractivity contribution is -0.127. The van der Waals surface area contributed by atoms with Gasteiger partial charge in [-0.05, 0) is 54.4 Å². The summed E-state index contributed by atoms with van der Waals surface area (Å²) in [6, 6.07) is 0. The van der Waals surface area contributed by atoms with Crippen LogP contribution in [0.4, 0.5) is 0 Å². The van der Waals surface area contributed by atoms with E-state index in [1.54, 1.807) is 0 Å². The third kappa shape index (κ3) is 2.33. The fraction of sp³-hybridized carbons (Fsp3) is 0.923. The smallest absolute Gasteiger partial charge is 0.241 e. The van der Waals surface area contributed by atoms with Crippen LogP contribution in [-0.2, 0) is 4.79 Å². The van der Waals surface area contributed by atoms with E-state index in [9.17, 15) is 4.79 Å². The fourth-order valence-corrected chi connectivity index (χ4v) is 3.91. The molecule has 2 aliphatic heterocycles. The lowest BCUT2D eigenvalue weighted by Gasteiger charge is -2.50. The number of carbonyl (C=O) groups excluding carboxylic acids is 1. The van der Waals surface area contributed by atoms with Gasteiger partial charge in [-0.3, -0.25) is 10.1 Å². The van der Waals surface area contributed by atoms with Crippen LogP contribution in [0.15, 0.2) is 0 Å². The van der Waals surface area contributed by atoms with Crippen LogP contribution >= 0.6 is 0 Å². The molecule has 0 atom stereocenters. The summed E-state index contributed by atoms with van der Waals surface area (Å²) in [5.74, 6) is 0.144. The normalized spacial score (nSPS) is 32.5. The second-order valence-corrected chi connectivity index (χ2v) is 7.53. The summed E-state index contributed by atoms with van der Waals surface area (Å²) in [7, 11) is 0. The molecule has 1 spiro atoms. The molecule has 0 aliphatic carbocycles. The van der Waals surface area contributed by atoms with Crippen molar-refractivity contribution in [2.45, 2.75) is 76.7 Å². The van der Waals surface area contributed by atoms with Crippen LogP contribution in [-0.4, -0.2) is 28.2 Å². The van der Waals surface area contributed by atoms with Crippen LogP contribution in [0, 0.1) is 0 Å². The molecule has 0 radical (unpaired) electrons. The van der Waals surface area contributed by atoms with Gasteiger partial charge < -0.3 is 10.6 Å². The molecule has 0 bridgehead atoms. The number of nitrogens with one attached hydrogen (secondary N) is 3. The first-order valence-electron chi connectivity index (χ1n) is 6.37. The Kier molecular flexibility index (Phi) is 2.44. The zero-order chi connectivity index (χ0) is 13.1. The van der Waals surface area contributed by atoms with Crippen LogP contribution < -0.4 is 16.0 Å². The summed E-state index contributed by atoms with van der Waals surface area (Å²) in [4.78, 5) is 12.3. The van der Waals surface area contributed by atoms with Gasteiger partial charge in [0.1, 0.15) is 5.54 Å². The lowest BCUT2D eigenvalue weighted by Crippen LogP contribution is -2.68. The van der Waals surface area contributed by atoms with Crippen molar-refractivity contribution >= 4 is 5.91 Å². The SMILES string of the molecule is CC1(C)CC2(CC(C)(C)N1)NC(C)(C)NC2=O. The summed E-state index contributed by atoms with van der Waals surface area (Å²) in [5, 5.41) is 10.2. The molecular formula is C13H25N3O. The van der Waals surface area contributed by atoms with Crippen LogP contribution in [0.1, 0.15) is 54.4 Å². The van der Waals surface area contributed by atoms with Crippen LogP contribution in [0.25, 0.3) is 0 Å². The van der Waals surface area contributed by atoms with E-state index in [-0.39, 0.29) is 22.6 Å². The third-order valence-electron chi connectivity index (χ3n) is 3.58. The average Bonchev–Trinajstić information content (AvgIpc) is 2.11. The molecule has 0 aromatic carbocycles. The highest BCUT2D eigenvalue weighted by molar-refractivity contribution is 5.90. The van der Waals surface area contributed by atoms with Crippen molar-refractivity contribution in [2.75, 3.05) is 0 Å². The molecule has 17 heavy (non-hydrogen) atoms. The maximum absolute atomic E-state index is 12.3. The molecule has 0 aromatic rings. The van der Waals surface area contributed by atoms with Gasteiger partial charge in [-0.15, -0.1) is 0 Å². The predicted octanol–water partition coefficient (Wildman–Crippen LogP) is 1.12. The van der Waals surface area contributed by atoms with Gasteiger partial charge in [-0.25, -0.2) is 0 Å². The molecular weight excluding hydrogens is 214 g/mol. The molecule has 2 fully saturated rings. The second kappa shape index (κ2) is 3.23. The van der Waals surface area contributed by atoms with Crippen LogP contribution in [0.3, 0.4) is 0 Å². The number of amides is 1. The molecule has 3 N–H and O–H groups in total. The van der Waals surface area contributed by atoms with Gasteiger partial charge in [-0.1, -0.05) is 0 Å². The number of hydrogen-bond acceptors (Lipinski definition) is 3. The van der Waals surface area contributed by atoms with Crippen molar-refractivity contribution < 1.29 is 4.79 Å². The van der Waals surface area contributed by atoms with Gasteiger partial charge in [0.2, 0.25) is 5.91 Å². The Balaban J connectivity index is 2.35.